The molecule has 0 unspecified atom stereocenters. The van der Waals surface area contributed by atoms with E-state index in [2.05, 4.69) is 0 Å². The summed E-state index contributed by atoms with van der Waals surface area (Å²) in [4.78, 5) is 12.3. The molecular formula is C14H17NO3S. The molecule has 0 aliphatic carbocycles. The summed E-state index contributed by atoms with van der Waals surface area (Å²) in [6.07, 6.45) is 1.15. The van der Waals surface area contributed by atoms with Crippen LogP contribution in [-0.4, -0.2) is 24.4 Å². The van der Waals surface area contributed by atoms with Crippen LogP contribution in [0.3, 0.4) is 0 Å². The highest BCUT2D eigenvalue weighted by Gasteiger charge is 2.24. The number of carbonyl (C=O) groups is 1. The van der Waals surface area contributed by atoms with E-state index < -0.39 is 10.0 Å². The zero-order valence-electron chi connectivity index (χ0n) is 11.5. The first kappa shape index (κ1) is 13.8. The van der Waals surface area contributed by atoms with Gasteiger partial charge in [-0.3, -0.25) is 4.79 Å². The molecule has 0 amide bonds. The summed E-state index contributed by atoms with van der Waals surface area (Å²) in [5, 5.41) is 0.698. The van der Waals surface area contributed by atoms with Crippen LogP contribution < -0.4 is 0 Å². The number of aromatic nitrogens is 1. The highest BCUT2D eigenvalue weighted by Crippen LogP contribution is 2.29. The van der Waals surface area contributed by atoms with Gasteiger partial charge >= 0.3 is 0 Å². The van der Waals surface area contributed by atoms with Crippen molar-refractivity contribution in [3.63, 3.8) is 0 Å². The van der Waals surface area contributed by atoms with Crippen molar-refractivity contribution >= 4 is 26.7 Å². The molecule has 0 spiro atoms. The Bertz CT molecular complexity index is 754. The Balaban J connectivity index is 2.95. The number of para-hydroxylation sites is 1. The largest absolute Gasteiger partial charge is 0.294 e. The molecule has 4 nitrogen and oxygen atoms in total. The minimum absolute atomic E-state index is 0.0314. The molecule has 0 saturated heterocycles. The Kier molecular flexibility index (Phi) is 3.26. The predicted octanol–water partition coefficient (Wildman–Crippen LogP) is 2.60. The van der Waals surface area contributed by atoms with E-state index in [1.807, 2.05) is 19.9 Å². The van der Waals surface area contributed by atoms with Gasteiger partial charge in [0.2, 0.25) is 10.0 Å². The summed E-state index contributed by atoms with van der Waals surface area (Å²) in [6.45, 7) is 5.30. The van der Waals surface area contributed by atoms with Crippen LogP contribution in [0.1, 0.15) is 29.9 Å². The topological polar surface area (TPSA) is 56.1 Å². The fourth-order valence-electron chi connectivity index (χ4n) is 2.37. The number of ketones is 1. The van der Waals surface area contributed by atoms with Gasteiger partial charge in [0.15, 0.2) is 5.78 Å². The van der Waals surface area contributed by atoms with Gasteiger partial charge in [-0.05, 0) is 13.0 Å². The lowest BCUT2D eigenvalue weighted by Crippen LogP contribution is -2.14. The second-order valence-electron chi connectivity index (χ2n) is 5.02. The standard InChI is InChI=1S/C14H17NO3S/c1-9(2)14(16)13-10(3)15(19(4,17)18)12-8-6-5-7-11(12)13/h5-9H,1-4H3. The first-order valence-electron chi connectivity index (χ1n) is 6.10. The molecule has 0 fully saturated rings. The monoisotopic (exact) mass is 279 g/mol. The van der Waals surface area contributed by atoms with Crippen molar-refractivity contribution in [2.24, 2.45) is 5.92 Å². The zero-order valence-corrected chi connectivity index (χ0v) is 12.3. The number of fused-ring (bicyclic) bond motifs is 1. The van der Waals surface area contributed by atoms with Gasteiger partial charge in [0.25, 0.3) is 0 Å². The lowest BCUT2D eigenvalue weighted by Gasteiger charge is -2.06. The average molecular weight is 279 g/mol. The fourth-order valence-corrected chi connectivity index (χ4v) is 3.47. The maximum absolute atomic E-state index is 12.3. The molecule has 2 rings (SSSR count). The van der Waals surface area contributed by atoms with Crippen LogP contribution in [0.25, 0.3) is 10.9 Å². The van der Waals surface area contributed by atoms with E-state index >= 15 is 0 Å². The minimum Gasteiger partial charge on any atom is -0.294 e. The summed E-state index contributed by atoms with van der Waals surface area (Å²) >= 11 is 0. The molecule has 0 aliphatic heterocycles. The van der Waals surface area contributed by atoms with E-state index in [4.69, 9.17) is 0 Å². The van der Waals surface area contributed by atoms with Crippen LogP contribution in [0.4, 0.5) is 0 Å². The van der Waals surface area contributed by atoms with Crippen molar-refractivity contribution in [3.05, 3.63) is 35.5 Å². The van der Waals surface area contributed by atoms with Crippen LogP contribution in [0.15, 0.2) is 24.3 Å². The first-order valence-corrected chi connectivity index (χ1v) is 7.94. The Morgan fingerprint density at radius 2 is 1.79 bits per heavy atom. The minimum atomic E-state index is -3.43. The quantitative estimate of drug-likeness (QED) is 0.811. The van der Waals surface area contributed by atoms with Crippen LogP contribution in [0.5, 0.6) is 0 Å². The second-order valence-corrected chi connectivity index (χ2v) is 6.86. The molecule has 1 heterocycles. The van der Waals surface area contributed by atoms with Crippen molar-refractivity contribution in [3.8, 4) is 0 Å². The first-order chi connectivity index (χ1) is 8.75. The van der Waals surface area contributed by atoms with Gasteiger partial charge in [0, 0.05) is 22.6 Å². The SMILES string of the molecule is Cc1c(C(=O)C(C)C)c2ccccc2n1S(C)(=O)=O. The average Bonchev–Trinajstić information content (AvgIpc) is 2.59. The van der Waals surface area contributed by atoms with E-state index in [1.54, 1.807) is 25.1 Å². The van der Waals surface area contributed by atoms with Gasteiger partial charge < -0.3 is 0 Å². The molecule has 1 aromatic carbocycles. The summed E-state index contributed by atoms with van der Waals surface area (Å²) < 4.78 is 25.1. The molecule has 0 N–H and O–H groups in total. The van der Waals surface area contributed by atoms with Crippen molar-refractivity contribution in [2.75, 3.05) is 6.26 Å². The van der Waals surface area contributed by atoms with Crippen LogP contribution in [0, 0.1) is 12.8 Å². The number of Topliss-reactive ketones (excluding diaryl/α,β-unsaturated/α-hetero) is 1. The molecular weight excluding hydrogens is 262 g/mol. The van der Waals surface area contributed by atoms with Crippen LogP contribution >= 0.6 is 0 Å². The van der Waals surface area contributed by atoms with Crippen molar-refractivity contribution in [2.45, 2.75) is 20.8 Å². The number of nitrogens with zero attached hydrogens (tertiary/aromatic N) is 1. The third-order valence-electron chi connectivity index (χ3n) is 3.16. The number of hydrogen-bond donors (Lipinski definition) is 0. The maximum Gasteiger partial charge on any atom is 0.236 e. The van der Waals surface area contributed by atoms with Gasteiger partial charge in [-0.25, -0.2) is 12.4 Å². The lowest BCUT2D eigenvalue weighted by atomic mass is 9.98. The maximum atomic E-state index is 12.3. The van der Waals surface area contributed by atoms with Gasteiger partial charge in [-0.2, -0.15) is 0 Å². The summed E-state index contributed by atoms with van der Waals surface area (Å²) in [6, 6.07) is 7.10. The Labute approximate surface area is 113 Å². The van der Waals surface area contributed by atoms with E-state index in [0.29, 0.717) is 22.2 Å². The zero-order chi connectivity index (χ0) is 14.4. The summed E-state index contributed by atoms with van der Waals surface area (Å²) in [5.41, 5.74) is 1.56. The summed E-state index contributed by atoms with van der Waals surface area (Å²) in [7, 11) is -3.43. The molecule has 5 heteroatoms. The van der Waals surface area contributed by atoms with Gasteiger partial charge in [0.05, 0.1) is 11.8 Å². The predicted molar refractivity (Wildman–Crippen MR) is 76.1 cm³/mol. The number of hydrogen-bond acceptors (Lipinski definition) is 3. The summed E-state index contributed by atoms with van der Waals surface area (Å²) in [5.74, 6) is -0.200. The molecule has 0 aliphatic rings. The van der Waals surface area contributed by atoms with E-state index in [-0.39, 0.29) is 11.7 Å². The molecule has 102 valence electrons. The van der Waals surface area contributed by atoms with Crippen molar-refractivity contribution in [1.29, 1.82) is 0 Å². The second kappa shape index (κ2) is 4.49. The van der Waals surface area contributed by atoms with E-state index in [9.17, 15) is 13.2 Å². The van der Waals surface area contributed by atoms with Crippen LogP contribution in [-0.2, 0) is 10.0 Å². The Morgan fingerprint density at radius 3 is 2.32 bits per heavy atom. The van der Waals surface area contributed by atoms with Gasteiger partial charge in [-0.15, -0.1) is 0 Å². The third kappa shape index (κ3) is 2.18. The molecule has 19 heavy (non-hydrogen) atoms. The molecule has 1 aromatic heterocycles. The van der Waals surface area contributed by atoms with Gasteiger partial charge in [0.1, 0.15) is 0 Å². The lowest BCUT2D eigenvalue weighted by molar-refractivity contribution is 0.0940. The normalized spacial score (nSPS) is 12.3. The van der Waals surface area contributed by atoms with E-state index in [0.717, 1.165) is 6.26 Å². The Morgan fingerprint density at radius 1 is 1.21 bits per heavy atom. The Hall–Kier alpha value is -1.62. The third-order valence-corrected chi connectivity index (χ3v) is 4.29. The number of carbonyl (C=O) groups excluding carboxylic acids is 1. The molecule has 0 radical (unpaired) electrons. The number of rotatable bonds is 3. The highest BCUT2D eigenvalue weighted by molar-refractivity contribution is 7.89. The van der Waals surface area contributed by atoms with Crippen molar-refractivity contribution in [1.82, 2.24) is 3.97 Å². The number of benzene rings is 1. The molecule has 0 atom stereocenters. The van der Waals surface area contributed by atoms with E-state index in [1.165, 1.54) is 3.97 Å². The highest BCUT2D eigenvalue weighted by atomic mass is 32.2. The molecule has 0 saturated carbocycles. The smallest absolute Gasteiger partial charge is 0.236 e. The fraction of sp³-hybridized carbons (Fsp3) is 0.357. The molecule has 2 aromatic rings. The van der Waals surface area contributed by atoms with Crippen molar-refractivity contribution < 1.29 is 13.2 Å². The molecule has 0 bridgehead atoms. The van der Waals surface area contributed by atoms with Gasteiger partial charge in [-0.1, -0.05) is 32.0 Å². The van der Waals surface area contributed by atoms with Crippen LogP contribution in [0.2, 0.25) is 0 Å².